The number of pyridine rings is 1. The van der Waals surface area contributed by atoms with Gasteiger partial charge in [-0.25, -0.2) is 18.1 Å². The van der Waals surface area contributed by atoms with E-state index in [2.05, 4.69) is 19.9 Å². The lowest BCUT2D eigenvalue weighted by molar-refractivity contribution is 0.417. The van der Waals surface area contributed by atoms with Crippen LogP contribution in [0.25, 0.3) is 16.7 Å². The molecule has 0 spiro atoms. The topological polar surface area (TPSA) is 104 Å². The lowest BCUT2D eigenvalue weighted by atomic mass is 9.49. The number of hydrogen-bond acceptors (Lipinski definition) is 6. The van der Waals surface area contributed by atoms with E-state index in [0.717, 1.165) is 4.68 Å². The number of fused-ring (bicyclic) bond motifs is 1. The molecule has 0 aliphatic rings. The molecule has 3 heterocycles. The second kappa shape index (κ2) is 7.65. The van der Waals surface area contributed by atoms with Gasteiger partial charge in [0.15, 0.2) is 5.82 Å². The van der Waals surface area contributed by atoms with Crippen LogP contribution in [0.4, 0.5) is 5.69 Å². The fourth-order valence-corrected chi connectivity index (χ4v) is 4.11. The van der Waals surface area contributed by atoms with Crippen LogP contribution in [0.2, 0.25) is 5.02 Å². The number of benzene rings is 1. The molecule has 0 atom stereocenters. The Balaban J connectivity index is 1.76. The standard InChI is InChI=1S/C17H12B3ClN6O3S/c1-30-13-4-2-10-6-24-27(17(18,19)20)16(10)15(13)25-31(28,29)12-3-5-14(22-8-12)26-9-11(21)7-23-26/h2-9,25H,1H3. The van der Waals surface area contributed by atoms with Gasteiger partial charge in [0.25, 0.3) is 10.0 Å². The van der Waals surface area contributed by atoms with Gasteiger partial charge in [0, 0.05) is 11.6 Å². The Morgan fingerprint density at radius 1 is 1.10 bits per heavy atom. The summed E-state index contributed by atoms with van der Waals surface area (Å²) in [5.41, 5.74) is 0.331. The number of methoxy groups -OCH3 is 1. The molecule has 0 saturated carbocycles. The number of rotatable bonds is 6. The van der Waals surface area contributed by atoms with E-state index >= 15 is 0 Å². The fraction of sp³-hybridized carbons (Fsp3) is 0.118. The Morgan fingerprint density at radius 2 is 1.87 bits per heavy atom. The van der Waals surface area contributed by atoms with Crippen LogP contribution in [0.1, 0.15) is 0 Å². The van der Waals surface area contributed by atoms with E-state index in [1.165, 1.54) is 42.5 Å². The first-order valence-electron chi connectivity index (χ1n) is 8.71. The first-order valence-corrected chi connectivity index (χ1v) is 10.6. The Labute approximate surface area is 187 Å². The Kier molecular flexibility index (Phi) is 5.26. The number of halogens is 1. The molecule has 0 bridgehead atoms. The molecular weight excluding hydrogens is 436 g/mol. The molecule has 31 heavy (non-hydrogen) atoms. The van der Waals surface area contributed by atoms with Crippen molar-refractivity contribution in [2.24, 2.45) is 0 Å². The van der Waals surface area contributed by atoms with Crippen molar-refractivity contribution >= 4 is 61.8 Å². The third kappa shape index (κ3) is 4.02. The number of anilines is 1. The van der Waals surface area contributed by atoms with Gasteiger partial charge in [0.2, 0.25) is 0 Å². The van der Waals surface area contributed by atoms with Crippen LogP contribution >= 0.6 is 11.6 Å². The molecule has 14 heteroatoms. The molecule has 150 valence electrons. The van der Waals surface area contributed by atoms with E-state index in [1.54, 1.807) is 18.3 Å². The van der Waals surface area contributed by atoms with Crippen molar-refractivity contribution in [2.75, 3.05) is 11.8 Å². The van der Waals surface area contributed by atoms with Crippen LogP contribution in [-0.2, 0) is 15.3 Å². The van der Waals surface area contributed by atoms with Crippen LogP contribution in [0.3, 0.4) is 0 Å². The van der Waals surface area contributed by atoms with E-state index in [9.17, 15) is 8.42 Å². The number of nitrogens with zero attached hydrogens (tertiary/aromatic N) is 5. The largest absolute Gasteiger partial charge is 0.494 e. The van der Waals surface area contributed by atoms with Crippen molar-refractivity contribution in [1.29, 1.82) is 0 Å². The lowest BCUT2D eigenvalue weighted by Gasteiger charge is -2.24. The van der Waals surface area contributed by atoms with Crippen molar-refractivity contribution in [3.63, 3.8) is 0 Å². The van der Waals surface area contributed by atoms with E-state index in [0.29, 0.717) is 16.2 Å². The Morgan fingerprint density at radius 3 is 2.45 bits per heavy atom. The predicted octanol–water partition coefficient (Wildman–Crippen LogP) is 1.15. The molecule has 1 N–H and O–H groups in total. The fourth-order valence-electron chi connectivity index (χ4n) is 2.95. The van der Waals surface area contributed by atoms with Crippen LogP contribution in [0.15, 0.2) is 53.9 Å². The summed E-state index contributed by atoms with van der Waals surface area (Å²) in [5, 5.41) is 7.20. The molecule has 0 aliphatic carbocycles. The van der Waals surface area contributed by atoms with Crippen LogP contribution in [0.5, 0.6) is 5.75 Å². The highest BCUT2D eigenvalue weighted by Crippen LogP contribution is 2.36. The Bertz CT molecular complexity index is 1370. The van der Waals surface area contributed by atoms with Crippen LogP contribution < -0.4 is 9.46 Å². The number of aromatic nitrogens is 5. The molecule has 0 aliphatic heterocycles. The molecule has 3 aromatic heterocycles. The monoisotopic (exact) mass is 448 g/mol. The van der Waals surface area contributed by atoms with Gasteiger partial charge in [0.1, 0.15) is 16.3 Å². The minimum Gasteiger partial charge on any atom is -0.494 e. The van der Waals surface area contributed by atoms with Gasteiger partial charge >= 0.3 is 0 Å². The van der Waals surface area contributed by atoms with E-state index in [4.69, 9.17) is 39.9 Å². The van der Waals surface area contributed by atoms with E-state index in [1.807, 2.05) is 0 Å². The number of sulfonamides is 1. The first kappa shape index (κ1) is 21.3. The molecule has 0 fully saturated rings. The average Bonchev–Trinajstić information content (AvgIpc) is 3.34. The first-order chi connectivity index (χ1) is 14.6. The summed E-state index contributed by atoms with van der Waals surface area (Å²) in [6, 6.07) is 6.13. The van der Waals surface area contributed by atoms with Gasteiger partial charge in [-0.05, 0) is 29.5 Å². The summed E-state index contributed by atoms with van der Waals surface area (Å²) in [4.78, 5) is 4.04. The smallest absolute Gasteiger partial charge is 0.263 e. The van der Waals surface area contributed by atoms with Crippen molar-refractivity contribution < 1.29 is 13.2 Å². The summed E-state index contributed by atoms with van der Waals surface area (Å²) in [6.45, 7) is 0. The zero-order chi connectivity index (χ0) is 22.4. The molecule has 0 amide bonds. The SMILES string of the molecule is [B]C([B])([B])n1ncc2ccc(OC)c(NS(=O)(=O)c3ccc(-n4cc(Cl)cn4)nc3)c21. The van der Waals surface area contributed by atoms with Crippen LogP contribution in [-0.4, -0.2) is 63.6 Å². The molecule has 0 saturated heterocycles. The van der Waals surface area contributed by atoms with Crippen molar-refractivity contribution in [3.8, 4) is 11.6 Å². The van der Waals surface area contributed by atoms with Crippen molar-refractivity contribution in [3.05, 3.63) is 54.1 Å². The normalized spacial score (nSPS) is 12.2. The maximum absolute atomic E-state index is 13.1. The average molecular weight is 448 g/mol. The van der Waals surface area contributed by atoms with Gasteiger partial charge in [0.05, 0.1) is 59.8 Å². The maximum Gasteiger partial charge on any atom is 0.263 e. The molecular formula is C17H12B3ClN6O3S. The molecule has 4 aromatic rings. The second-order valence-electron chi connectivity index (χ2n) is 6.59. The van der Waals surface area contributed by atoms with E-state index < -0.39 is 15.3 Å². The zero-order valence-electron chi connectivity index (χ0n) is 16.1. The minimum atomic E-state index is -4.08. The molecule has 0 unspecified atom stereocenters. The molecule has 6 radical (unpaired) electrons. The summed E-state index contributed by atoms with van der Waals surface area (Å²) >= 11 is 5.85. The molecule has 1 aromatic carbocycles. The summed E-state index contributed by atoms with van der Waals surface area (Å²) in [6.07, 6.45) is 5.63. The third-order valence-electron chi connectivity index (χ3n) is 4.34. The van der Waals surface area contributed by atoms with E-state index in [-0.39, 0.29) is 21.8 Å². The highest BCUT2D eigenvalue weighted by molar-refractivity contribution is 7.92. The van der Waals surface area contributed by atoms with Crippen molar-refractivity contribution in [2.45, 2.75) is 10.1 Å². The van der Waals surface area contributed by atoms with Gasteiger partial charge in [-0.2, -0.15) is 10.2 Å². The molecule has 9 nitrogen and oxygen atoms in total. The second-order valence-corrected chi connectivity index (χ2v) is 8.70. The lowest BCUT2D eigenvalue weighted by Crippen LogP contribution is -2.36. The summed E-state index contributed by atoms with van der Waals surface area (Å²) in [5.74, 6) is 0.612. The van der Waals surface area contributed by atoms with Gasteiger partial charge in [-0.3, -0.25) is 9.40 Å². The maximum atomic E-state index is 13.1. The third-order valence-corrected chi connectivity index (χ3v) is 5.87. The van der Waals surface area contributed by atoms with Gasteiger partial charge in [-0.15, -0.1) is 0 Å². The quantitative estimate of drug-likeness (QED) is 0.444. The zero-order valence-corrected chi connectivity index (χ0v) is 17.7. The highest BCUT2D eigenvalue weighted by atomic mass is 35.5. The molecule has 4 rings (SSSR count). The predicted molar refractivity (Wildman–Crippen MR) is 119 cm³/mol. The number of nitrogens with one attached hydrogen (secondary N) is 1. The number of hydrogen-bond donors (Lipinski definition) is 1. The van der Waals surface area contributed by atoms with Gasteiger partial charge < -0.3 is 4.74 Å². The summed E-state index contributed by atoms with van der Waals surface area (Å²) < 4.78 is 36.5. The van der Waals surface area contributed by atoms with Crippen LogP contribution in [0, 0.1) is 0 Å². The summed E-state index contributed by atoms with van der Waals surface area (Å²) in [7, 11) is 14.7. The van der Waals surface area contributed by atoms with Crippen molar-refractivity contribution in [1.82, 2.24) is 24.5 Å². The van der Waals surface area contributed by atoms with Gasteiger partial charge in [-0.1, -0.05) is 11.6 Å². The number of ether oxygens (including phenoxy) is 1. The minimum absolute atomic E-state index is 0.0751. The Hall–Kier alpha value is -2.92. The highest BCUT2D eigenvalue weighted by Gasteiger charge is 2.24.